The molecular weight excluding hydrogens is 208 g/mol. The molecule has 0 bridgehead atoms. The van der Waals surface area contributed by atoms with Gasteiger partial charge >= 0.3 is 0 Å². The summed E-state index contributed by atoms with van der Waals surface area (Å²) in [7, 11) is 1.51. The Bertz CT molecular complexity index is 373. The number of aliphatic carboxylic acids is 1. The van der Waals surface area contributed by atoms with Crippen LogP contribution in [0.1, 0.15) is 30.1 Å². The minimum atomic E-state index is -1.16. The molecule has 1 N–H and O–H groups in total. The van der Waals surface area contributed by atoms with E-state index in [1.54, 1.807) is 12.1 Å². The van der Waals surface area contributed by atoms with Crippen LogP contribution in [0.5, 0.6) is 5.75 Å². The smallest absolute Gasteiger partial charge is 0.124 e. The summed E-state index contributed by atoms with van der Waals surface area (Å²) < 4.78 is 5.11. The van der Waals surface area contributed by atoms with Crippen LogP contribution in [0.2, 0.25) is 0 Å². The van der Waals surface area contributed by atoms with Crippen LogP contribution in [-0.2, 0) is 4.79 Å². The second-order valence-electron chi connectivity index (χ2n) is 3.67. The molecule has 4 nitrogen and oxygen atoms in total. The topological polar surface area (TPSA) is 69.6 Å². The molecule has 4 heteroatoms. The van der Waals surface area contributed by atoms with Crippen molar-refractivity contribution in [2.75, 3.05) is 7.11 Å². The predicted molar refractivity (Wildman–Crippen MR) is 56.9 cm³/mol. The number of benzene rings is 1. The van der Waals surface area contributed by atoms with Gasteiger partial charge in [-0.15, -0.1) is 0 Å². The normalized spacial score (nSPS) is 12.2. The van der Waals surface area contributed by atoms with Gasteiger partial charge in [0.2, 0.25) is 0 Å². The number of carbonyl (C=O) groups excluding carboxylic acids is 1. The van der Waals surface area contributed by atoms with E-state index in [9.17, 15) is 15.0 Å². The van der Waals surface area contributed by atoms with E-state index >= 15 is 0 Å². The van der Waals surface area contributed by atoms with Crippen molar-refractivity contribution in [2.24, 2.45) is 0 Å². The molecule has 16 heavy (non-hydrogen) atoms. The van der Waals surface area contributed by atoms with Crippen molar-refractivity contribution in [3.05, 3.63) is 29.3 Å². The van der Waals surface area contributed by atoms with Crippen molar-refractivity contribution < 1.29 is 19.7 Å². The number of hydrogen-bond acceptors (Lipinski definition) is 4. The molecule has 1 rings (SSSR count). The Morgan fingerprint density at radius 3 is 2.81 bits per heavy atom. The monoisotopic (exact) mass is 223 g/mol. The minimum Gasteiger partial charge on any atom is -0.550 e. The second-order valence-corrected chi connectivity index (χ2v) is 3.67. The largest absolute Gasteiger partial charge is 0.550 e. The quantitative estimate of drug-likeness (QED) is 0.792. The highest BCUT2D eigenvalue weighted by atomic mass is 16.5. The molecule has 88 valence electrons. The molecule has 1 atom stereocenters. The first kappa shape index (κ1) is 12.5. The fourth-order valence-electron chi connectivity index (χ4n) is 1.52. The van der Waals surface area contributed by atoms with E-state index in [1.807, 2.05) is 13.0 Å². The molecule has 0 aliphatic carbocycles. The van der Waals surface area contributed by atoms with Gasteiger partial charge in [0, 0.05) is 11.5 Å². The van der Waals surface area contributed by atoms with Crippen molar-refractivity contribution in [2.45, 2.75) is 25.9 Å². The van der Waals surface area contributed by atoms with Crippen LogP contribution in [0.3, 0.4) is 0 Å². The van der Waals surface area contributed by atoms with Gasteiger partial charge in [-0.25, -0.2) is 0 Å². The highest BCUT2D eigenvalue weighted by Crippen LogP contribution is 2.28. The van der Waals surface area contributed by atoms with Crippen molar-refractivity contribution in [3.63, 3.8) is 0 Å². The lowest BCUT2D eigenvalue weighted by Crippen LogP contribution is -2.22. The van der Waals surface area contributed by atoms with Crippen LogP contribution < -0.4 is 9.84 Å². The number of aliphatic hydroxyl groups excluding tert-OH is 1. The van der Waals surface area contributed by atoms with E-state index in [1.165, 1.54) is 7.11 Å². The first-order valence-corrected chi connectivity index (χ1v) is 5.07. The van der Waals surface area contributed by atoms with E-state index < -0.39 is 12.1 Å². The second kappa shape index (κ2) is 5.51. The van der Waals surface area contributed by atoms with Gasteiger partial charge in [0.1, 0.15) is 5.75 Å². The molecule has 0 amide bonds. The lowest BCUT2D eigenvalue weighted by Gasteiger charge is -2.15. The van der Waals surface area contributed by atoms with Crippen LogP contribution in [0.15, 0.2) is 18.2 Å². The molecule has 0 radical (unpaired) electrons. The summed E-state index contributed by atoms with van der Waals surface area (Å²) >= 11 is 0. The summed E-state index contributed by atoms with van der Waals surface area (Å²) in [6.45, 7) is 1.90. The van der Waals surface area contributed by atoms with Gasteiger partial charge in [-0.05, 0) is 31.9 Å². The van der Waals surface area contributed by atoms with Gasteiger partial charge in [-0.2, -0.15) is 0 Å². The molecule has 0 saturated carbocycles. The number of methoxy groups -OCH3 is 1. The summed E-state index contributed by atoms with van der Waals surface area (Å²) in [5, 5.41) is 20.1. The Kier molecular flexibility index (Phi) is 4.31. The van der Waals surface area contributed by atoms with Crippen LogP contribution in [-0.4, -0.2) is 18.2 Å². The third-order valence-electron chi connectivity index (χ3n) is 2.37. The summed E-state index contributed by atoms with van der Waals surface area (Å²) in [6, 6.07) is 5.42. The van der Waals surface area contributed by atoms with E-state index in [0.717, 1.165) is 5.56 Å². The summed E-state index contributed by atoms with van der Waals surface area (Å²) in [5.41, 5.74) is 1.60. The Labute approximate surface area is 94.5 Å². The molecule has 1 aromatic rings. The fraction of sp³-hybridized carbons (Fsp3) is 0.417. The average molecular weight is 223 g/mol. The Morgan fingerprint density at radius 1 is 1.56 bits per heavy atom. The molecule has 0 unspecified atom stereocenters. The van der Waals surface area contributed by atoms with Crippen molar-refractivity contribution >= 4 is 5.97 Å². The van der Waals surface area contributed by atoms with E-state index in [4.69, 9.17) is 4.74 Å². The third-order valence-corrected chi connectivity index (χ3v) is 2.37. The van der Waals surface area contributed by atoms with Crippen LogP contribution >= 0.6 is 0 Å². The van der Waals surface area contributed by atoms with Crippen molar-refractivity contribution in [1.82, 2.24) is 0 Å². The predicted octanol–water partition coefficient (Wildman–Crippen LogP) is 0.567. The number of carboxylic acids is 1. The number of ether oxygens (including phenoxy) is 1. The van der Waals surface area contributed by atoms with E-state index in [2.05, 4.69) is 0 Å². The van der Waals surface area contributed by atoms with Gasteiger partial charge in [0.15, 0.2) is 0 Å². The van der Waals surface area contributed by atoms with Crippen molar-refractivity contribution in [3.8, 4) is 5.75 Å². The molecule has 0 aromatic heterocycles. The zero-order valence-electron chi connectivity index (χ0n) is 9.40. The lowest BCUT2D eigenvalue weighted by atomic mass is 10.0. The van der Waals surface area contributed by atoms with Gasteiger partial charge < -0.3 is 19.7 Å². The average Bonchev–Trinajstić information content (AvgIpc) is 2.25. The molecule has 0 saturated heterocycles. The van der Waals surface area contributed by atoms with Crippen LogP contribution in [0.4, 0.5) is 0 Å². The standard InChI is InChI=1S/C12H16O4/c1-8-3-5-11(16-2)9(7-8)10(13)4-6-12(14)15/h3,5,7,10,13H,4,6H2,1-2H3,(H,14,15)/p-1/t10-/m0/s1. The Hall–Kier alpha value is -1.55. The molecule has 0 fully saturated rings. The number of rotatable bonds is 5. The number of aryl methyl sites for hydroxylation is 1. The Balaban J connectivity index is 2.84. The first-order valence-electron chi connectivity index (χ1n) is 5.07. The van der Waals surface area contributed by atoms with E-state index in [0.29, 0.717) is 11.3 Å². The maximum atomic E-state index is 10.3. The molecule has 0 heterocycles. The molecule has 0 spiro atoms. The summed E-state index contributed by atoms with van der Waals surface area (Å²) in [6.07, 6.45) is -0.881. The SMILES string of the molecule is COc1ccc(C)cc1[C@@H](O)CCC(=O)[O-]. The molecule has 1 aromatic carbocycles. The van der Waals surface area contributed by atoms with Gasteiger partial charge in [0.05, 0.1) is 13.2 Å². The van der Waals surface area contributed by atoms with Gasteiger partial charge in [-0.1, -0.05) is 11.6 Å². The highest BCUT2D eigenvalue weighted by Gasteiger charge is 2.13. The van der Waals surface area contributed by atoms with Crippen LogP contribution in [0.25, 0.3) is 0 Å². The Morgan fingerprint density at radius 2 is 2.25 bits per heavy atom. The van der Waals surface area contributed by atoms with Crippen molar-refractivity contribution in [1.29, 1.82) is 0 Å². The zero-order valence-corrected chi connectivity index (χ0v) is 9.40. The summed E-state index contributed by atoms with van der Waals surface area (Å²) in [4.78, 5) is 10.3. The van der Waals surface area contributed by atoms with Gasteiger partial charge in [0.25, 0.3) is 0 Å². The maximum Gasteiger partial charge on any atom is 0.124 e. The molecular formula is C12H15O4-. The van der Waals surface area contributed by atoms with Gasteiger partial charge in [-0.3, -0.25) is 0 Å². The number of hydrogen-bond donors (Lipinski definition) is 1. The van der Waals surface area contributed by atoms with E-state index in [-0.39, 0.29) is 12.8 Å². The minimum absolute atomic E-state index is 0.127. The van der Waals surface area contributed by atoms with Crippen LogP contribution in [0, 0.1) is 6.92 Å². The molecule has 0 aliphatic heterocycles. The third kappa shape index (κ3) is 3.24. The number of aliphatic hydroxyl groups is 1. The lowest BCUT2D eigenvalue weighted by molar-refractivity contribution is -0.306. The number of carboxylic acid groups (broad SMARTS) is 1. The first-order chi connectivity index (χ1) is 7.54. The molecule has 0 aliphatic rings. The summed E-state index contributed by atoms with van der Waals surface area (Å²) in [5.74, 6) is -0.595. The zero-order chi connectivity index (χ0) is 12.1. The maximum absolute atomic E-state index is 10.3. The fourth-order valence-corrected chi connectivity index (χ4v) is 1.52. The highest BCUT2D eigenvalue weighted by molar-refractivity contribution is 5.64. The number of carbonyl (C=O) groups is 1.